The standard InChI is InChI=1S/C19H22FN3O2/c1-18(2)8-19(6-14(21)16(18)24)9-23(10-19)17(25)15-13(11-3-4-11)5-12(20)7-22-15/h5-7,11H,3-4,8-10,21H2,1-2H3. The molecule has 2 fully saturated rings. The summed E-state index contributed by atoms with van der Waals surface area (Å²) in [5.74, 6) is -0.339. The minimum Gasteiger partial charge on any atom is -0.396 e. The topological polar surface area (TPSA) is 76.3 Å². The predicted octanol–water partition coefficient (Wildman–Crippen LogP) is 2.38. The molecule has 1 aromatic rings. The zero-order valence-corrected chi connectivity index (χ0v) is 14.5. The molecule has 1 saturated carbocycles. The number of hydrogen-bond acceptors (Lipinski definition) is 4. The van der Waals surface area contributed by atoms with E-state index in [4.69, 9.17) is 5.73 Å². The van der Waals surface area contributed by atoms with Crippen molar-refractivity contribution in [3.05, 3.63) is 41.1 Å². The minimum atomic E-state index is -0.513. The van der Waals surface area contributed by atoms with Gasteiger partial charge in [0.05, 0.1) is 11.9 Å². The Morgan fingerprint density at radius 1 is 1.36 bits per heavy atom. The number of carbonyl (C=O) groups excluding carboxylic acids is 2. The van der Waals surface area contributed by atoms with E-state index in [-0.39, 0.29) is 23.0 Å². The molecule has 3 aliphatic rings. The van der Waals surface area contributed by atoms with Crippen LogP contribution < -0.4 is 5.73 Å². The third-order valence-electron chi connectivity index (χ3n) is 5.53. The molecule has 25 heavy (non-hydrogen) atoms. The van der Waals surface area contributed by atoms with E-state index < -0.39 is 11.2 Å². The average Bonchev–Trinajstić information content (AvgIpc) is 3.33. The van der Waals surface area contributed by atoms with E-state index in [9.17, 15) is 14.0 Å². The number of pyridine rings is 1. The molecule has 2 N–H and O–H groups in total. The summed E-state index contributed by atoms with van der Waals surface area (Å²) in [7, 11) is 0. The molecule has 1 aromatic heterocycles. The van der Waals surface area contributed by atoms with Crippen molar-refractivity contribution in [3.63, 3.8) is 0 Å². The van der Waals surface area contributed by atoms with Crippen molar-refractivity contribution in [3.8, 4) is 0 Å². The molecule has 0 aromatic carbocycles. The van der Waals surface area contributed by atoms with Crippen LogP contribution in [0, 0.1) is 16.6 Å². The van der Waals surface area contributed by atoms with Crippen LogP contribution in [0.4, 0.5) is 4.39 Å². The highest BCUT2D eigenvalue weighted by molar-refractivity contribution is 6.00. The van der Waals surface area contributed by atoms with E-state index in [1.807, 2.05) is 19.9 Å². The molecular weight excluding hydrogens is 321 g/mol. The highest BCUT2D eigenvalue weighted by Gasteiger charge is 2.52. The van der Waals surface area contributed by atoms with E-state index in [0.29, 0.717) is 30.9 Å². The first-order chi connectivity index (χ1) is 11.7. The molecule has 6 heteroatoms. The highest BCUT2D eigenvalue weighted by atomic mass is 19.1. The lowest BCUT2D eigenvalue weighted by atomic mass is 9.62. The van der Waals surface area contributed by atoms with Gasteiger partial charge in [-0.3, -0.25) is 9.59 Å². The van der Waals surface area contributed by atoms with Crippen molar-refractivity contribution in [1.29, 1.82) is 0 Å². The van der Waals surface area contributed by atoms with Crippen molar-refractivity contribution in [1.82, 2.24) is 9.88 Å². The molecule has 0 unspecified atom stereocenters. The number of nitrogens with zero attached hydrogens (tertiary/aromatic N) is 2. The summed E-state index contributed by atoms with van der Waals surface area (Å²) in [6.45, 7) is 4.83. The van der Waals surface area contributed by atoms with Gasteiger partial charge in [-0.2, -0.15) is 0 Å². The van der Waals surface area contributed by atoms with Gasteiger partial charge in [0.25, 0.3) is 5.91 Å². The Labute approximate surface area is 146 Å². The highest BCUT2D eigenvalue weighted by Crippen LogP contribution is 2.48. The minimum absolute atomic E-state index is 0.0286. The molecule has 1 amide bonds. The number of rotatable bonds is 2. The molecule has 2 aliphatic carbocycles. The summed E-state index contributed by atoms with van der Waals surface area (Å²) in [5, 5.41) is 0. The summed E-state index contributed by atoms with van der Waals surface area (Å²) in [6.07, 6.45) is 5.56. The molecule has 1 spiro atoms. The van der Waals surface area contributed by atoms with Crippen molar-refractivity contribution in [2.45, 2.75) is 39.0 Å². The molecule has 0 radical (unpaired) electrons. The first-order valence-electron chi connectivity index (χ1n) is 8.69. The summed E-state index contributed by atoms with van der Waals surface area (Å²) in [4.78, 5) is 30.8. The second-order valence-electron chi connectivity index (χ2n) is 8.38. The van der Waals surface area contributed by atoms with Gasteiger partial charge in [0.1, 0.15) is 11.5 Å². The lowest BCUT2D eigenvalue weighted by Gasteiger charge is -2.53. The number of carbonyl (C=O) groups is 2. The van der Waals surface area contributed by atoms with Crippen molar-refractivity contribution < 1.29 is 14.0 Å². The van der Waals surface area contributed by atoms with Crippen LogP contribution >= 0.6 is 0 Å². The summed E-state index contributed by atoms with van der Waals surface area (Å²) in [5.41, 5.74) is 6.54. The quantitative estimate of drug-likeness (QED) is 0.894. The van der Waals surface area contributed by atoms with E-state index >= 15 is 0 Å². The van der Waals surface area contributed by atoms with Gasteiger partial charge in [-0.15, -0.1) is 0 Å². The van der Waals surface area contributed by atoms with E-state index in [2.05, 4.69) is 4.98 Å². The second kappa shape index (κ2) is 5.13. The first-order valence-corrected chi connectivity index (χ1v) is 8.69. The van der Waals surface area contributed by atoms with E-state index in [1.165, 1.54) is 6.07 Å². The van der Waals surface area contributed by atoms with Gasteiger partial charge in [0.2, 0.25) is 0 Å². The lowest BCUT2D eigenvalue weighted by Crippen LogP contribution is -2.61. The smallest absolute Gasteiger partial charge is 0.272 e. The van der Waals surface area contributed by atoms with Crippen LogP contribution in [0.25, 0.3) is 0 Å². The van der Waals surface area contributed by atoms with Crippen molar-refractivity contribution in [2.24, 2.45) is 16.6 Å². The summed E-state index contributed by atoms with van der Waals surface area (Å²) < 4.78 is 13.5. The summed E-state index contributed by atoms with van der Waals surface area (Å²) >= 11 is 0. The Hall–Kier alpha value is -2.24. The van der Waals surface area contributed by atoms with Crippen LogP contribution in [0.3, 0.4) is 0 Å². The Morgan fingerprint density at radius 2 is 2.04 bits per heavy atom. The zero-order valence-electron chi connectivity index (χ0n) is 14.5. The number of likely N-dealkylation sites (tertiary alicyclic amines) is 1. The SMILES string of the molecule is CC1(C)CC2(C=C(N)C1=O)CN(C(=O)c1ncc(F)cc1C1CC1)C2. The third-order valence-corrected chi connectivity index (χ3v) is 5.53. The third kappa shape index (κ3) is 2.64. The van der Waals surface area contributed by atoms with Crippen LogP contribution in [0.5, 0.6) is 0 Å². The fourth-order valence-corrected chi connectivity index (χ4v) is 4.35. The maximum absolute atomic E-state index is 13.5. The van der Waals surface area contributed by atoms with Gasteiger partial charge in [0, 0.05) is 23.9 Å². The Morgan fingerprint density at radius 3 is 2.64 bits per heavy atom. The van der Waals surface area contributed by atoms with Crippen molar-refractivity contribution in [2.75, 3.05) is 13.1 Å². The maximum atomic E-state index is 13.5. The van der Waals surface area contributed by atoms with Gasteiger partial charge >= 0.3 is 0 Å². The van der Waals surface area contributed by atoms with Crippen LogP contribution in [0.1, 0.15) is 55.1 Å². The monoisotopic (exact) mass is 343 g/mol. The molecule has 1 aliphatic heterocycles. The van der Waals surface area contributed by atoms with Crippen LogP contribution in [-0.2, 0) is 4.79 Å². The van der Waals surface area contributed by atoms with Gasteiger partial charge in [0.15, 0.2) is 5.78 Å². The number of halogens is 1. The fraction of sp³-hybridized carbons (Fsp3) is 0.526. The van der Waals surface area contributed by atoms with Gasteiger partial charge in [-0.05, 0) is 42.9 Å². The molecule has 0 bridgehead atoms. The molecule has 0 atom stereocenters. The van der Waals surface area contributed by atoms with Gasteiger partial charge in [-0.25, -0.2) is 9.37 Å². The maximum Gasteiger partial charge on any atom is 0.272 e. The number of Topliss-reactive ketones (excluding diaryl/α,β-unsaturated/α-hetero) is 1. The van der Waals surface area contributed by atoms with Crippen molar-refractivity contribution >= 4 is 11.7 Å². The average molecular weight is 343 g/mol. The Kier molecular flexibility index (Phi) is 3.33. The Balaban J connectivity index is 1.55. The molecule has 5 nitrogen and oxygen atoms in total. The fourth-order valence-electron chi connectivity index (χ4n) is 4.35. The molecule has 1 saturated heterocycles. The van der Waals surface area contributed by atoms with E-state index in [1.54, 1.807) is 4.90 Å². The predicted molar refractivity (Wildman–Crippen MR) is 90.2 cm³/mol. The largest absolute Gasteiger partial charge is 0.396 e. The van der Waals surface area contributed by atoms with Gasteiger partial charge in [-0.1, -0.05) is 13.8 Å². The number of aromatic nitrogens is 1. The number of allylic oxidation sites excluding steroid dienone is 1. The molecule has 2 heterocycles. The number of nitrogens with two attached hydrogens (primary N) is 1. The number of amides is 1. The normalized spacial score (nSPS) is 24.0. The molecular formula is C19H22FN3O2. The lowest BCUT2D eigenvalue weighted by molar-refractivity contribution is -0.127. The number of hydrogen-bond donors (Lipinski definition) is 1. The number of ketones is 1. The van der Waals surface area contributed by atoms with Gasteiger partial charge < -0.3 is 10.6 Å². The summed E-state index contributed by atoms with van der Waals surface area (Å²) in [6, 6.07) is 1.44. The van der Waals surface area contributed by atoms with Crippen LogP contribution in [-0.4, -0.2) is 34.7 Å². The molecule has 4 rings (SSSR count). The first kappa shape index (κ1) is 16.2. The Bertz CT molecular complexity index is 805. The zero-order chi connectivity index (χ0) is 18.0. The second-order valence-corrected chi connectivity index (χ2v) is 8.38. The van der Waals surface area contributed by atoms with E-state index in [0.717, 1.165) is 24.6 Å². The van der Waals surface area contributed by atoms with Crippen LogP contribution in [0.15, 0.2) is 24.0 Å². The molecule has 132 valence electrons. The van der Waals surface area contributed by atoms with Crippen LogP contribution in [0.2, 0.25) is 0 Å².